The molecule has 128 valence electrons. The van der Waals surface area contributed by atoms with Gasteiger partial charge in [-0.1, -0.05) is 0 Å². The summed E-state index contributed by atoms with van der Waals surface area (Å²) in [6.07, 6.45) is 0.919. The van der Waals surface area contributed by atoms with Crippen LogP contribution in [0.15, 0.2) is 18.2 Å². The maximum atomic E-state index is 10.9. The summed E-state index contributed by atoms with van der Waals surface area (Å²) >= 11 is 0. The van der Waals surface area contributed by atoms with E-state index in [0.717, 1.165) is 18.4 Å². The number of hydrogen-bond donors (Lipinski definition) is 1. The van der Waals surface area contributed by atoms with Gasteiger partial charge in [0.1, 0.15) is 5.69 Å². The third kappa shape index (κ3) is 6.99. The average molecular weight is 349 g/mol. The molecule has 1 aromatic rings. The molecule has 1 N–H and O–H groups in total. The Hall–Kier alpha value is -2.31. The predicted octanol–water partition coefficient (Wildman–Crippen LogP) is 0.908. The zero-order valence-corrected chi connectivity index (χ0v) is 12.9. The van der Waals surface area contributed by atoms with Gasteiger partial charge in [0.15, 0.2) is 0 Å². The molecule has 1 rings (SSSR count). The van der Waals surface area contributed by atoms with Crippen LogP contribution >= 0.6 is 0 Å². The van der Waals surface area contributed by atoms with Gasteiger partial charge in [-0.05, 0) is 6.07 Å². The largest absolute Gasteiger partial charge is 0.377 e. The number of benzene rings is 1. The molecule has 0 aliphatic rings. The molecule has 0 aliphatic carbocycles. The van der Waals surface area contributed by atoms with Crippen LogP contribution in [0.25, 0.3) is 0 Å². The normalized spacial score (nSPS) is 11.2. The van der Waals surface area contributed by atoms with Crippen molar-refractivity contribution in [2.75, 3.05) is 37.9 Å². The Kier molecular flexibility index (Phi) is 6.81. The van der Waals surface area contributed by atoms with Gasteiger partial charge in [-0.2, -0.15) is 8.42 Å². The third-order valence-corrected chi connectivity index (χ3v) is 3.07. The third-order valence-electron chi connectivity index (χ3n) is 2.48. The van der Waals surface area contributed by atoms with Gasteiger partial charge in [0, 0.05) is 12.6 Å². The first kappa shape index (κ1) is 18.7. The van der Waals surface area contributed by atoms with E-state index < -0.39 is 25.7 Å². The number of nitro benzene ring substituents is 2. The summed E-state index contributed by atoms with van der Waals surface area (Å²) in [5.41, 5.74) is -0.674. The molecule has 0 aromatic heterocycles. The van der Waals surface area contributed by atoms with Crippen molar-refractivity contribution in [3.05, 3.63) is 38.4 Å². The quantitative estimate of drug-likeness (QED) is 0.281. The highest BCUT2D eigenvalue weighted by Gasteiger charge is 2.18. The van der Waals surface area contributed by atoms with Gasteiger partial charge in [0.2, 0.25) is 0 Å². The first-order valence-electron chi connectivity index (χ1n) is 6.29. The van der Waals surface area contributed by atoms with E-state index >= 15 is 0 Å². The minimum absolute atomic E-state index is 0.0388. The van der Waals surface area contributed by atoms with Crippen LogP contribution in [0, 0.1) is 20.2 Å². The number of nitrogens with zero attached hydrogens (tertiary/aromatic N) is 2. The summed E-state index contributed by atoms with van der Waals surface area (Å²) in [6.45, 7) is 0.242. The molecule has 0 amide bonds. The maximum absolute atomic E-state index is 10.9. The lowest BCUT2D eigenvalue weighted by atomic mass is 10.2. The van der Waals surface area contributed by atoms with Crippen molar-refractivity contribution in [3.63, 3.8) is 0 Å². The Bertz CT molecular complexity index is 676. The molecule has 0 fully saturated rings. The molecule has 0 saturated heterocycles. The van der Waals surface area contributed by atoms with Crippen LogP contribution in [0.5, 0.6) is 0 Å². The van der Waals surface area contributed by atoms with Crippen molar-refractivity contribution < 1.29 is 27.2 Å². The first-order chi connectivity index (χ1) is 10.7. The number of nitrogens with one attached hydrogen (secondary N) is 1. The Balaban J connectivity index is 2.46. The van der Waals surface area contributed by atoms with E-state index in [1.807, 2.05) is 0 Å². The predicted molar refractivity (Wildman–Crippen MR) is 79.9 cm³/mol. The summed E-state index contributed by atoms with van der Waals surface area (Å²) in [4.78, 5) is 20.1. The summed E-state index contributed by atoms with van der Waals surface area (Å²) < 4.78 is 30.9. The Morgan fingerprint density at radius 2 is 1.83 bits per heavy atom. The summed E-state index contributed by atoms with van der Waals surface area (Å²) in [7, 11) is -3.51. The van der Waals surface area contributed by atoms with E-state index in [1.165, 1.54) is 6.07 Å². The van der Waals surface area contributed by atoms with Crippen LogP contribution in [0.4, 0.5) is 17.1 Å². The number of non-ortho nitro benzene ring substituents is 1. The molecule has 0 bridgehead atoms. The Labute approximate surface area is 131 Å². The molecule has 0 unspecified atom stereocenters. The lowest BCUT2D eigenvalue weighted by Crippen LogP contribution is -2.14. The smallest absolute Gasteiger partial charge is 0.299 e. The van der Waals surface area contributed by atoms with Crippen molar-refractivity contribution in [1.29, 1.82) is 0 Å². The van der Waals surface area contributed by atoms with Crippen molar-refractivity contribution in [2.45, 2.75) is 0 Å². The molecule has 0 spiro atoms. The van der Waals surface area contributed by atoms with Crippen LogP contribution in [0.3, 0.4) is 0 Å². The van der Waals surface area contributed by atoms with Gasteiger partial charge in [0.05, 0.1) is 42.0 Å². The molecule has 11 nitrogen and oxygen atoms in total. The van der Waals surface area contributed by atoms with E-state index in [4.69, 9.17) is 4.74 Å². The van der Waals surface area contributed by atoms with E-state index in [9.17, 15) is 28.6 Å². The molecular formula is C11H15N3O8S. The standard InChI is InChI=1S/C11H15N3O8S/c1-23(19,20)22-7-6-21-5-4-12-10-3-2-9(13(15)16)8-11(10)14(17)18/h2-3,8,12H,4-7H2,1H3. The van der Waals surface area contributed by atoms with Crippen LogP contribution in [0.1, 0.15) is 0 Å². The SMILES string of the molecule is CS(=O)(=O)OCCOCCNc1ccc([N+](=O)[O-])cc1[N+](=O)[O-]. The molecule has 23 heavy (non-hydrogen) atoms. The molecule has 0 radical (unpaired) electrons. The summed E-state index contributed by atoms with van der Waals surface area (Å²) in [5, 5.41) is 24.2. The van der Waals surface area contributed by atoms with Gasteiger partial charge >= 0.3 is 0 Å². The fourth-order valence-electron chi connectivity index (χ4n) is 1.54. The first-order valence-corrected chi connectivity index (χ1v) is 8.11. The second kappa shape index (κ2) is 8.36. The number of nitro groups is 2. The van der Waals surface area contributed by atoms with E-state index in [1.54, 1.807) is 0 Å². The fourth-order valence-corrected chi connectivity index (χ4v) is 1.91. The van der Waals surface area contributed by atoms with Gasteiger partial charge in [0.25, 0.3) is 21.5 Å². The topological polar surface area (TPSA) is 151 Å². The molecule has 0 atom stereocenters. The number of hydrogen-bond acceptors (Lipinski definition) is 9. The summed E-state index contributed by atoms with van der Waals surface area (Å²) in [5.74, 6) is 0. The Morgan fingerprint density at radius 1 is 1.13 bits per heavy atom. The number of rotatable bonds is 10. The highest BCUT2D eigenvalue weighted by molar-refractivity contribution is 7.85. The van der Waals surface area contributed by atoms with Gasteiger partial charge in [-0.3, -0.25) is 24.4 Å². The highest BCUT2D eigenvalue weighted by Crippen LogP contribution is 2.28. The monoisotopic (exact) mass is 349 g/mol. The lowest BCUT2D eigenvalue weighted by molar-refractivity contribution is -0.393. The molecule has 12 heteroatoms. The zero-order chi connectivity index (χ0) is 17.5. The average Bonchev–Trinajstić information content (AvgIpc) is 2.44. The lowest BCUT2D eigenvalue weighted by Gasteiger charge is -2.08. The zero-order valence-electron chi connectivity index (χ0n) is 12.1. The Morgan fingerprint density at radius 3 is 2.39 bits per heavy atom. The van der Waals surface area contributed by atoms with Crippen molar-refractivity contribution in [1.82, 2.24) is 0 Å². The minimum Gasteiger partial charge on any atom is -0.377 e. The molecule has 0 aliphatic heterocycles. The fraction of sp³-hybridized carbons (Fsp3) is 0.455. The molecule has 0 saturated carbocycles. The van der Waals surface area contributed by atoms with Crippen molar-refractivity contribution in [2.24, 2.45) is 0 Å². The van der Waals surface area contributed by atoms with Gasteiger partial charge < -0.3 is 10.1 Å². The molecule has 1 aromatic carbocycles. The van der Waals surface area contributed by atoms with Crippen LogP contribution in [-0.2, 0) is 19.0 Å². The number of anilines is 1. The van der Waals surface area contributed by atoms with Gasteiger partial charge in [-0.15, -0.1) is 0 Å². The van der Waals surface area contributed by atoms with E-state index in [-0.39, 0.29) is 37.7 Å². The second-order valence-electron chi connectivity index (χ2n) is 4.28. The second-order valence-corrected chi connectivity index (χ2v) is 5.92. The van der Waals surface area contributed by atoms with Crippen LogP contribution in [0.2, 0.25) is 0 Å². The van der Waals surface area contributed by atoms with E-state index in [0.29, 0.717) is 0 Å². The molecule has 0 heterocycles. The van der Waals surface area contributed by atoms with Crippen molar-refractivity contribution >= 4 is 27.2 Å². The minimum atomic E-state index is -3.51. The van der Waals surface area contributed by atoms with Crippen LogP contribution < -0.4 is 5.32 Å². The van der Waals surface area contributed by atoms with Crippen molar-refractivity contribution in [3.8, 4) is 0 Å². The van der Waals surface area contributed by atoms with Gasteiger partial charge in [-0.25, -0.2) is 0 Å². The maximum Gasteiger partial charge on any atom is 0.299 e. The summed E-state index contributed by atoms with van der Waals surface area (Å²) in [6, 6.07) is 3.25. The van der Waals surface area contributed by atoms with Crippen LogP contribution in [-0.4, -0.2) is 50.9 Å². The van der Waals surface area contributed by atoms with E-state index in [2.05, 4.69) is 9.50 Å². The molecular weight excluding hydrogens is 334 g/mol. The highest BCUT2D eigenvalue weighted by atomic mass is 32.2. The number of ether oxygens (including phenoxy) is 1.